The van der Waals surface area contributed by atoms with Crippen molar-refractivity contribution in [3.05, 3.63) is 41.6 Å². The highest BCUT2D eigenvalue weighted by atomic mass is 32.2. The van der Waals surface area contributed by atoms with Gasteiger partial charge in [0.2, 0.25) is 21.8 Å². The van der Waals surface area contributed by atoms with Crippen LogP contribution < -0.4 is 24.8 Å². The number of carbonyl (C=O) groups excluding carboxylic acids is 4. The van der Waals surface area contributed by atoms with Crippen LogP contribution in [0.3, 0.4) is 0 Å². The van der Waals surface area contributed by atoms with Crippen LogP contribution in [0.25, 0.3) is 10.9 Å². The minimum absolute atomic E-state index is 0.0732. The maximum atomic E-state index is 14.9. The minimum Gasteiger partial charge on any atom is -0.497 e. The van der Waals surface area contributed by atoms with Crippen LogP contribution >= 0.6 is 0 Å². The molecule has 4 amide bonds. The first-order valence-corrected chi connectivity index (χ1v) is 22.7. The topological polar surface area (TPSA) is 182 Å². The number of nitrogens with one attached hydrogen (secondary N) is 3. The SMILES string of the molecule is COc1ccc2nc(C3CC3)c3c(c2c1)CCC1(CC2C(=O)NC4(C(=O)NS(=O)(=O)C5(C)CC5)CC4C=CCCCCCC(NC(=O)OC4(C)CCC4)C(=O)N2C1)O3. The highest BCUT2D eigenvalue weighted by molar-refractivity contribution is 7.91. The number of aromatic nitrogens is 1. The van der Waals surface area contributed by atoms with Crippen LogP contribution in [0.15, 0.2) is 30.4 Å². The van der Waals surface area contributed by atoms with Crippen LogP contribution in [-0.2, 0) is 35.6 Å². The van der Waals surface area contributed by atoms with Crippen molar-refractivity contribution >= 4 is 44.7 Å². The number of amides is 4. The average molecular weight is 818 g/mol. The molecule has 1 aromatic heterocycles. The fourth-order valence-electron chi connectivity index (χ4n) is 9.47. The number of pyridine rings is 1. The van der Waals surface area contributed by atoms with Crippen LogP contribution in [0.5, 0.6) is 11.5 Å². The summed E-state index contributed by atoms with van der Waals surface area (Å²) in [6.45, 7) is 3.57. The Balaban J connectivity index is 1.06. The van der Waals surface area contributed by atoms with E-state index in [1.165, 1.54) is 4.90 Å². The smallest absolute Gasteiger partial charge is 0.408 e. The molecule has 5 fully saturated rings. The van der Waals surface area contributed by atoms with Gasteiger partial charge in [-0.05, 0) is 116 Å². The summed E-state index contributed by atoms with van der Waals surface area (Å²) >= 11 is 0. The Morgan fingerprint density at radius 2 is 1.79 bits per heavy atom. The van der Waals surface area contributed by atoms with Crippen molar-refractivity contribution in [3.63, 3.8) is 0 Å². The molecule has 3 N–H and O–H groups in total. The summed E-state index contributed by atoms with van der Waals surface area (Å²) in [7, 11) is -2.36. The zero-order valence-electron chi connectivity index (χ0n) is 33.7. The lowest BCUT2D eigenvalue weighted by Crippen LogP contribution is -2.59. The normalized spacial score (nSPS) is 31.2. The number of aryl methyl sites for hydroxylation is 1. The minimum atomic E-state index is -3.99. The maximum absolute atomic E-state index is 14.9. The van der Waals surface area contributed by atoms with E-state index >= 15 is 0 Å². The standard InChI is InChI=1S/C43H55N5O9S/c1-40(17-9-18-40)57-39(52)45-32-11-8-6-4-5-7-10-27-23-43(27,38(51)47-58(53,54)41(2)20-21-41)46-36(49)33-24-42(25-48(33)37(32)50)19-16-29-30-22-28(55-3)14-15-31(30)44-34(26-12-13-26)35(29)56-42/h7,10,14-15,22,26-27,32-33H,4-6,8-9,11-13,16-21,23-25H2,1-3H3,(H,45,52)(H,46,49)(H,47,51). The predicted molar refractivity (Wildman–Crippen MR) is 214 cm³/mol. The number of ether oxygens (including phenoxy) is 3. The summed E-state index contributed by atoms with van der Waals surface area (Å²) in [6.07, 6.45) is 13.3. The summed E-state index contributed by atoms with van der Waals surface area (Å²) in [4.78, 5) is 63.7. The first-order chi connectivity index (χ1) is 27.7. The molecule has 1 spiro atoms. The molecule has 4 saturated carbocycles. The third kappa shape index (κ3) is 7.08. The number of rotatable bonds is 7. The first-order valence-electron chi connectivity index (χ1n) is 21.2. The van der Waals surface area contributed by atoms with E-state index in [-0.39, 0.29) is 25.3 Å². The van der Waals surface area contributed by atoms with Gasteiger partial charge in [-0.15, -0.1) is 0 Å². The van der Waals surface area contributed by atoms with E-state index < -0.39 is 73.3 Å². The van der Waals surface area contributed by atoms with Crippen molar-refractivity contribution in [2.24, 2.45) is 5.92 Å². The zero-order valence-corrected chi connectivity index (χ0v) is 34.5. The van der Waals surface area contributed by atoms with Gasteiger partial charge in [0.1, 0.15) is 40.3 Å². The van der Waals surface area contributed by atoms with Gasteiger partial charge in [-0.1, -0.05) is 25.0 Å². The number of benzene rings is 1. The molecule has 1 aromatic carbocycles. The van der Waals surface area contributed by atoms with Crippen molar-refractivity contribution in [1.29, 1.82) is 0 Å². The van der Waals surface area contributed by atoms with Crippen LogP contribution in [0.2, 0.25) is 0 Å². The van der Waals surface area contributed by atoms with E-state index in [4.69, 9.17) is 19.2 Å². The molecular weight excluding hydrogens is 763 g/mol. The van der Waals surface area contributed by atoms with E-state index in [1.807, 2.05) is 37.3 Å². The molecule has 5 atom stereocenters. The van der Waals surface area contributed by atoms with Gasteiger partial charge in [-0.2, -0.15) is 0 Å². The summed E-state index contributed by atoms with van der Waals surface area (Å²) in [5.74, 6) is -0.530. The molecule has 0 bridgehead atoms. The zero-order chi connectivity index (χ0) is 40.7. The van der Waals surface area contributed by atoms with Gasteiger partial charge >= 0.3 is 6.09 Å². The fraction of sp³-hybridized carbons (Fsp3) is 0.651. The summed E-state index contributed by atoms with van der Waals surface area (Å²) in [5.41, 5.74) is -0.285. The Kier molecular flexibility index (Phi) is 9.51. The van der Waals surface area contributed by atoms with Gasteiger partial charge in [-0.25, -0.2) is 18.2 Å². The van der Waals surface area contributed by atoms with Crippen LogP contribution in [-0.4, -0.2) is 89.3 Å². The third-order valence-electron chi connectivity index (χ3n) is 14.0. The molecule has 14 nitrogen and oxygen atoms in total. The van der Waals surface area contributed by atoms with Crippen LogP contribution in [0, 0.1) is 5.92 Å². The number of nitrogens with zero attached hydrogens (tertiary/aromatic N) is 2. The summed E-state index contributed by atoms with van der Waals surface area (Å²) < 4.78 is 46.3. The van der Waals surface area contributed by atoms with Gasteiger partial charge < -0.3 is 29.7 Å². The largest absolute Gasteiger partial charge is 0.497 e. The van der Waals surface area contributed by atoms with Gasteiger partial charge in [0.25, 0.3) is 5.91 Å². The second-order valence-electron chi connectivity index (χ2n) is 18.5. The highest BCUT2D eigenvalue weighted by Crippen LogP contribution is 2.52. The number of alkyl carbamates (subject to hydrolysis) is 1. The van der Waals surface area contributed by atoms with Crippen molar-refractivity contribution in [2.75, 3.05) is 13.7 Å². The van der Waals surface area contributed by atoms with Gasteiger partial charge in [-0.3, -0.25) is 19.1 Å². The molecule has 5 unspecified atom stereocenters. The number of allylic oxidation sites excluding steroid dienone is 1. The lowest BCUT2D eigenvalue weighted by Gasteiger charge is -2.38. The maximum Gasteiger partial charge on any atom is 0.408 e. The molecule has 312 valence electrons. The fourth-order valence-corrected chi connectivity index (χ4v) is 10.8. The monoisotopic (exact) mass is 817 g/mol. The molecule has 4 aliphatic carbocycles. The molecule has 9 rings (SSSR count). The van der Waals surface area contributed by atoms with Crippen LogP contribution in [0.1, 0.15) is 127 Å². The Morgan fingerprint density at radius 3 is 2.50 bits per heavy atom. The molecule has 2 aromatic rings. The van der Waals surface area contributed by atoms with E-state index in [2.05, 4.69) is 15.4 Å². The lowest BCUT2D eigenvalue weighted by atomic mass is 9.82. The Bertz CT molecular complexity index is 2200. The number of hydrogen-bond acceptors (Lipinski definition) is 10. The second kappa shape index (κ2) is 14.1. The van der Waals surface area contributed by atoms with E-state index in [9.17, 15) is 27.6 Å². The van der Waals surface area contributed by atoms with Gasteiger partial charge in [0.15, 0.2) is 0 Å². The molecule has 58 heavy (non-hydrogen) atoms. The molecular formula is C43H55N5O9S. The highest BCUT2D eigenvalue weighted by Gasteiger charge is 2.64. The number of sulfonamides is 1. The number of fused-ring (bicyclic) bond motifs is 5. The van der Waals surface area contributed by atoms with Crippen molar-refractivity contribution in [1.82, 2.24) is 25.2 Å². The van der Waals surface area contributed by atoms with E-state index in [1.54, 1.807) is 14.0 Å². The molecule has 7 aliphatic rings. The summed E-state index contributed by atoms with van der Waals surface area (Å²) in [5, 5.41) is 6.81. The molecule has 4 heterocycles. The first kappa shape index (κ1) is 39.1. The Hall–Kier alpha value is -4.40. The number of carbonyl (C=O) groups is 4. The second-order valence-corrected chi connectivity index (χ2v) is 20.7. The van der Waals surface area contributed by atoms with Crippen molar-refractivity contribution in [2.45, 2.75) is 156 Å². The molecule has 15 heteroatoms. The van der Waals surface area contributed by atoms with Crippen molar-refractivity contribution < 1.29 is 41.8 Å². The third-order valence-corrected chi connectivity index (χ3v) is 16.2. The Labute approximate surface area is 339 Å². The molecule has 1 saturated heterocycles. The van der Waals surface area contributed by atoms with Gasteiger partial charge in [0, 0.05) is 29.2 Å². The summed E-state index contributed by atoms with van der Waals surface area (Å²) in [6, 6.07) is 3.80. The van der Waals surface area contributed by atoms with E-state index in [0.29, 0.717) is 56.4 Å². The number of methoxy groups -OCH3 is 1. The van der Waals surface area contributed by atoms with Gasteiger partial charge in [0.05, 0.1) is 29.6 Å². The quantitative estimate of drug-likeness (QED) is 0.314. The molecule has 0 radical (unpaired) electrons. The lowest BCUT2D eigenvalue weighted by molar-refractivity contribution is -0.141. The van der Waals surface area contributed by atoms with E-state index in [0.717, 1.165) is 67.1 Å². The predicted octanol–water partition coefficient (Wildman–Crippen LogP) is 5.22. The average Bonchev–Trinajstić information content (AvgIpc) is 4.12. The van der Waals surface area contributed by atoms with Crippen LogP contribution in [0.4, 0.5) is 4.79 Å². The Morgan fingerprint density at radius 1 is 1.00 bits per heavy atom. The van der Waals surface area contributed by atoms with Crippen molar-refractivity contribution in [3.8, 4) is 11.5 Å². The molecule has 3 aliphatic heterocycles. The number of hydrogen-bond donors (Lipinski definition) is 3.